The molecule has 4 amide bonds. The highest BCUT2D eigenvalue weighted by Gasteiger charge is 2.43. The number of urea groups is 1. The van der Waals surface area contributed by atoms with Crippen LogP contribution in [0.5, 0.6) is 0 Å². The van der Waals surface area contributed by atoms with Gasteiger partial charge < -0.3 is 5.32 Å². The van der Waals surface area contributed by atoms with E-state index in [1.807, 2.05) is 6.92 Å². The van der Waals surface area contributed by atoms with Crippen LogP contribution in [0.25, 0.3) is 0 Å². The second-order valence-electron chi connectivity index (χ2n) is 5.43. The van der Waals surface area contributed by atoms with Gasteiger partial charge in [0, 0.05) is 12.2 Å². The Labute approximate surface area is 134 Å². The van der Waals surface area contributed by atoms with E-state index >= 15 is 0 Å². The number of nitrogens with zero attached hydrogens (tertiary/aromatic N) is 2. The van der Waals surface area contributed by atoms with E-state index in [-0.39, 0.29) is 12.5 Å². The monoisotopic (exact) mass is 321 g/mol. The van der Waals surface area contributed by atoms with Crippen molar-refractivity contribution in [3.8, 4) is 0 Å². The van der Waals surface area contributed by atoms with Gasteiger partial charge in [-0.2, -0.15) is 0 Å². The number of rotatable bonds is 6. The van der Waals surface area contributed by atoms with Gasteiger partial charge in [0.2, 0.25) is 5.91 Å². The Morgan fingerprint density at radius 1 is 1.26 bits per heavy atom. The minimum Gasteiger partial charge on any atom is -0.355 e. The van der Waals surface area contributed by atoms with E-state index in [9.17, 15) is 18.8 Å². The maximum Gasteiger partial charge on any atom is 0.332 e. The Morgan fingerprint density at radius 2 is 1.91 bits per heavy atom. The summed E-state index contributed by atoms with van der Waals surface area (Å²) in [5.74, 6) is -1.23. The summed E-state index contributed by atoms with van der Waals surface area (Å²) >= 11 is 0. The molecule has 1 unspecified atom stereocenters. The molecule has 0 aromatic heterocycles. The van der Waals surface area contributed by atoms with Crippen LogP contribution in [0.4, 0.5) is 14.9 Å². The normalized spacial score (nSPS) is 17.8. The molecule has 0 saturated carbocycles. The number of hydrogen-bond donors (Lipinski definition) is 1. The number of carbonyl (C=O) groups excluding carboxylic acids is 3. The summed E-state index contributed by atoms with van der Waals surface area (Å²) in [4.78, 5) is 38.7. The van der Waals surface area contributed by atoms with Gasteiger partial charge in [0.25, 0.3) is 5.91 Å². The van der Waals surface area contributed by atoms with Crippen LogP contribution in [0.15, 0.2) is 24.3 Å². The van der Waals surface area contributed by atoms with Crippen molar-refractivity contribution in [2.45, 2.75) is 32.7 Å². The zero-order valence-electron chi connectivity index (χ0n) is 13.2. The number of anilines is 1. The molecular weight excluding hydrogens is 301 g/mol. The van der Waals surface area contributed by atoms with Crippen LogP contribution < -0.4 is 10.2 Å². The van der Waals surface area contributed by atoms with Crippen LogP contribution in [-0.2, 0) is 9.59 Å². The van der Waals surface area contributed by atoms with Gasteiger partial charge in [-0.3, -0.25) is 19.4 Å². The molecule has 0 aliphatic carbocycles. The molecule has 7 heteroatoms. The van der Waals surface area contributed by atoms with Crippen molar-refractivity contribution in [1.82, 2.24) is 10.2 Å². The largest absolute Gasteiger partial charge is 0.355 e. The first kappa shape index (κ1) is 16.9. The predicted octanol–water partition coefficient (Wildman–Crippen LogP) is 1.90. The molecule has 1 heterocycles. The Hall–Kier alpha value is -2.44. The van der Waals surface area contributed by atoms with Crippen molar-refractivity contribution in [1.29, 1.82) is 0 Å². The molecule has 1 aliphatic heterocycles. The zero-order chi connectivity index (χ0) is 17.0. The highest BCUT2D eigenvalue weighted by Crippen LogP contribution is 2.25. The number of hydrogen-bond acceptors (Lipinski definition) is 3. The molecule has 0 radical (unpaired) electrons. The number of amides is 4. The molecule has 1 aromatic carbocycles. The second-order valence-corrected chi connectivity index (χ2v) is 5.43. The number of unbranched alkanes of at least 4 members (excludes halogenated alkanes) is 1. The number of imide groups is 1. The topological polar surface area (TPSA) is 69.7 Å². The summed E-state index contributed by atoms with van der Waals surface area (Å²) in [6.45, 7) is 3.80. The van der Waals surface area contributed by atoms with Crippen LogP contribution in [0.1, 0.15) is 26.7 Å². The lowest BCUT2D eigenvalue weighted by atomic mass is 10.2. The molecule has 23 heavy (non-hydrogen) atoms. The number of nitrogens with one attached hydrogen (secondary N) is 1. The molecule has 0 spiro atoms. The summed E-state index contributed by atoms with van der Waals surface area (Å²) in [6.07, 6.45) is 1.78. The maximum absolute atomic E-state index is 13.0. The maximum atomic E-state index is 13.0. The van der Waals surface area contributed by atoms with Gasteiger partial charge in [-0.1, -0.05) is 13.3 Å². The third kappa shape index (κ3) is 3.67. The Morgan fingerprint density at radius 3 is 2.52 bits per heavy atom. The van der Waals surface area contributed by atoms with E-state index in [0.717, 1.165) is 17.7 Å². The van der Waals surface area contributed by atoms with Gasteiger partial charge in [0.1, 0.15) is 18.4 Å². The van der Waals surface area contributed by atoms with Crippen molar-refractivity contribution in [3.63, 3.8) is 0 Å². The van der Waals surface area contributed by atoms with Gasteiger partial charge in [-0.05, 0) is 37.6 Å². The Balaban J connectivity index is 2.08. The fourth-order valence-electron chi connectivity index (χ4n) is 2.41. The molecule has 1 saturated heterocycles. The van der Waals surface area contributed by atoms with E-state index in [1.165, 1.54) is 29.2 Å². The minimum absolute atomic E-state index is 0.302. The van der Waals surface area contributed by atoms with Gasteiger partial charge in [-0.15, -0.1) is 0 Å². The van der Waals surface area contributed by atoms with E-state index in [2.05, 4.69) is 5.32 Å². The Bertz CT molecular complexity index is 603. The molecule has 1 N–H and O–H groups in total. The first-order valence-electron chi connectivity index (χ1n) is 7.62. The quantitative estimate of drug-likeness (QED) is 0.642. The summed E-state index contributed by atoms with van der Waals surface area (Å²) in [6, 6.07) is 4.01. The molecule has 2 rings (SSSR count). The minimum atomic E-state index is -0.726. The molecule has 1 aliphatic rings. The lowest BCUT2D eigenvalue weighted by Gasteiger charge is -2.19. The average Bonchev–Trinajstić information content (AvgIpc) is 2.73. The summed E-state index contributed by atoms with van der Waals surface area (Å²) in [5, 5.41) is 2.68. The summed E-state index contributed by atoms with van der Waals surface area (Å²) in [5.41, 5.74) is 0.422. The van der Waals surface area contributed by atoms with Crippen LogP contribution in [0, 0.1) is 5.82 Å². The smallest absolute Gasteiger partial charge is 0.332 e. The fourth-order valence-corrected chi connectivity index (χ4v) is 2.41. The van der Waals surface area contributed by atoms with E-state index in [4.69, 9.17) is 0 Å². The van der Waals surface area contributed by atoms with Crippen molar-refractivity contribution >= 4 is 23.5 Å². The third-order valence-corrected chi connectivity index (χ3v) is 3.71. The molecule has 124 valence electrons. The number of halogens is 1. The fraction of sp³-hybridized carbons (Fsp3) is 0.438. The molecule has 6 nitrogen and oxygen atoms in total. The van der Waals surface area contributed by atoms with Crippen molar-refractivity contribution in [2.24, 2.45) is 0 Å². The van der Waals surface area contributed by atoms with E-state index < -0.39 is 23.8 Å². The number of benzene rings is 1. The standard InChI is InChI=1S/C16H20FN3O3/c1-3-4-9-18-14(21)10-19-15(22)11(2)20(16(19)23)13-7-5-12(17)6-8-13/h5-8,11H,3-4,9-10H2,1-2H3,(H,18,21). The first-order valence-corrected chi connectivity index (χ1v) is 7.62. The van der Waals surface area contributed by atoms with Gasteiger partial charge in [0.15, 0.2) is 0 Å². The molecule has 1 fully saturated rings. The van der Waals surface area contributed by atoms with Gasteiger partial charge >= 0.3 is 6.03 Å². The van der Waals surface area contributed by atoms with Crippen molar-refractivity contribution in [3.05, 3.63) is 30.1 Å². The second kappa shape index (κ2) is 7.21. The first-order chi connectivity index (χ1) is 11.0. The average molecular weight is 321 g/mol. The van der Waals surface area contributed by atoms with E-state index in [0.29, 0.717) is 12.2 Å². The van der Waals surface area contributed by atoms with Crippen molar-refractivity contribution in [2.75, 3.05) is 18.0 Å². The number of carbonyl (C=O) groups is 3. The third-order valence-electron chi connectivity index (χ3n) is 3.71. The predicted molar refractivity (Wildman–Crippen MR) is 83.4 cm³/mol. The lowest BCUT2D eigenvalue weighted by Crippen LogP contribution is -2.41. The van der Waals surface area contributed by atoms with Crippen LogP contribution >= 0.6 is 0 Å². The van der Waals surface area contributed by atoms with Crippen molar-refractivity contribution < 1.29 is 18.8 Å². The van der Waals surface area contributed by atoms with E-state index in [1.54, 1.807) is 6.92 Å². The van der Waals surface area contributed by atoms with Gasteiger partial charge in [0.05, 0.1) is 0 Å². The lowest BCUT2D eigenvalue weighted by molar-refractivity contribution is -0.131. The highest BCUT2D eigenvalue weighted by molar-refractivity contribution is 6.15. The van der Waals surface area contributed by atoms with Crippen LogP contribution in [0.2, 0.25) is 0 Å². The Kier molecular flexibility index (Phi) is 5.31. The molecule has 1 atom stereocenters. The van der Waals surface area contributed by atoms with Gasteiger partial charge in [-0.25, -0.2) is 9.18 Å². The molecule has 0 bridgehead atoms. The zero-order valence-corrected chi connectivity index (χ0v) is 13.2. The molecule has 1 aromatic rings. The highest BCUT2D eigenvalue weighted by atomic mass is 19.1. The van der Waals surface area contributed by atoms with Crippen LogP contribution in [0.3, 0.4) is 0 Å². The van der Waals surface area contributed by atoms with Crippen LogP contribution in [-0.4, -0.2) is 41.9 Å². The summed E-state index contributed by atoms with van der Waals surface area (Å²) in [7, 11) is 0. The SMILES string of the molecule is CCCCNC(=O)CN1C(=O)C(C)N(c2ccc(F)cc2)C1=O. The molecular formula is C16H20FN3O3. The summed E-state index contributed by atoms with van der Waals surface area (Å²) < 4.78 is 13.0.